The first-order valence-electron chi connectivity index (χ1n) is 4.29. The maximum Gasteiger partial charge on any atom is 0.214 e. The van der Waals surface area contributed by atoms with Gasteiger partial charge < -0.3 is 9.26 Å². The zero-order valence-electron chi connectivity index (χ0n) is 7.80. The fourth-order valence-corrected chi connectivity index (χ4v) is 1.23. The van der Waals surface area contributed by atoms with Crippen LogP contribution in [0.25, 0.3) is 5.57 Å². The van der Waals surface area contributed by atoms with E-state index in [0.29, 0.717) is 5.82 Å². The van der Waals surface area contributed by atoms with Gasteiger partial charge in [0, 0.05) is 5.57 Å². The van der Waals surface area contributed by atoms with Crippen molar-refractivity contribution in [3.63, 3.8) is 0 Å². The van der Waals surface area contributed by atoms with Gasteiger partial charge in [-0.25, -0.2) is 0 Å². The van der Waals surface area contributed by atoms with Crippen LogP contribution in [0.4, 0.5) is 0 Å². The van der Waals surface area contributed by atoms with Gasteiger partial charge in [-0.3, -0.25) is 0 Å². The SMILES string of the molecule is COC1=CCC=C(c2ncon2)C=C1. The van der Waals surface area contributed by atoms with Crippen LogP contribution < -0.4 is 0 Å². The molecule has 1 aromatic rings. The first kappa shape index (κ1) is 8.74. The van der Waals surface area contributed by atoms with Crippen molar-refractivity contribution in [1.29, 1.82) is 0 Å². The average Bonchev–Trinajstić information content (AvgIpc) is 2.63. The van der Waals surface area contributed by atoms with E-state index in [-0.39, 0.29) is 0 Å². The number of methoxy groups -OCH3 is 1. The molecule has 0 amide bonds. The van der Waals surface area contributed by atoms with Gasteiger partial charge in [0.15, 0.2) is 0 Å². The molecular weight excluding hydrogens is 180 g/mol. The topological polar surface area (TPSA) is 48.2 Å². The molecule has 4 nitrogen and oxygen atoms in total. The van der Waals surface area contributed by atoms with Gasteiger partial charge in [-0.15, -0.1) is 0 Å². The monoisotopic (exact) mass is 190 g/mol. The Bertz CT molecular complexity index is 388. The molecule has 0 spiro atoms. The van der Waals surface area contributed by atoms with Crippen LogP contribution in [-0.2, 0) is 4.74 Å². The summed E-state index contributed by atoms with van der Waals surface area (Å²) in [4.78, 5) is 3.97. The number of allylic oxidation sites excluding steroid dienone is 5. The van der Waals surface area contributed by atoms with Crippen molar-refractivity contribution in [3.05, 3.63) is 42.3 Å². The van der Waals surface area contributed by atoms with E-state index in [1.165, 1.54) is 6.39 Å². The molecule has 14 heavy (non-hydrogen) atoms. The Morgan fingerprint density at radius 2 is 2.29 bits per heavy atom. The standard InChI is InChI=1S/C10H10N2O2/c1-13-9-4-2-3-8(5-6-9)10-11-7-14-12-10/h3-7H,2H2,1H3. The summed E-state index contributed by atoms with van der Waals surface area (Å²) in [6, 6.07) is 0. The Morgan fingerprint density at radius 1 is 1.36 bits per heavy atom. The number of hydrogen-bond acceptors (Lipinski definition) is 4. The second-order valence-electron chi connectivity index (χ2n) is 2.79. The smallest absolute Gasteiger partial charge is 0.214 e. The van der Waals surface area contributed by atoms with Crippen molar-refractivity contribution >= 4 is 5.57 Å². The van der Waals surface area contributed by atoms with E-state index >= 15 is 0 Å². The quantitative estimate of drug-likeness (QED) is 0.715. The van der Waals surface area contributed by atoms with Crippen LogP contribution in [0.5, 0.6) is 0 Å². The molecule has 4 heteroatoms. The maximum absolute atomic E-state index is 5.11. The van der Waals surface area contributed by atoms with Crippen molar-refractivity contribution in [3.8, 4) is 0 Å². The summed E-state index contributed by atoms with van der Waals surface area (Å²) in [5.41, 5.74) is 0.946. The minimum atomic E-state index is 0.604. The fraction of sp³-hybridized carbons (Fsp3) is 0.200. The molecule has 0 bridgehead atoms. The summed E-state index contributed by atoms with van der Waals surface area (Å²) in [5.74, 6) is 1.45. The van der Waals surface area contributed by atoms with Crippen molar-refractivity contribution < 1.29 is 9.26 Å². The summed E-state index contributed by atoms with van der Waals surface area (Å²) >= 11 is 0. The highest BCUT2D eigenvalue weighted by Crippen LogP contribution is 2.17. The van der Waals surface area contributed by atoms with Gasteiger partial charge in [-0.1, -0.05) is 11.2 Å². The maximum atomic E-state index is 5.11. The molecule has 1 aliphatic carbocycles. The van der Waals surface area contributed by atoms with E-state index in [4.69, 9.17) is 4.74 Å². The average molecular weight is 190 g/mol. The molecule has 1 heterocycles. The van der Waals surface area contributed by atoms with Gasteiger partial charge in [-0.05, 0) is 24.6 Å². The van der Waals surface area contributed by atoms with E-state index in [1.54, 1.807) is 7.11 Å². The largest absolute Gasteiger partial charge is 0.497 e. The molecule has 0 aliphatic heterocycles. The molecule has 0 unspecified atom stereocenters. The van der Waals surface area contributed by atoms with Crippen molar-refractivity contribution in [2.24, 2.45) is 0 Å². The fourth-order valence-electron chi connectivity index (χ4n) is 1.23. The Morgan fingerprint density at radius 3 is 3.00 bits per heavy atom. The molecule has 72 valence electrons. The van der Waals surface area contributed by atoms with Crippen molar-refractivity contribution in [2.45, 2.75) is 6.42 Å². The lowest BCUT2D eigenvalue weighted by atomic mass is 10.2. The zero-order chi connectivity index (χ0) is 9.80. The van der Waals surface area contributed by atoms with Gasteiger partial charge >= 0.3 is 0 Å². The number of hydrogen-bond donors (Lipinski definition) is 0. The molecule has 0 N–H and O–H groups in total. The third-order valence-electron chi connectivity index (χ3n) is 1.94. The summed E-state index contributed by atoms with van der Waals surface area (Å²) < 4.78 is 9.79. The second kappa shape index (κ2) is 3.91. The predicted molar refractivity (Wildman–Crippen MR) is 51.1 cm³/mol. The van der Waals surface area contributed by atoms with Crippen molar-refractivity contribution in [2.75, 3.05) is 7.11 Å². The Hall–Kier alpha value is -1.84. The lowest BCUT2D eigenvalue weighted by Gasteiger charge is -1.95. The first-order valence-corrected chi connectivity index (χ1v) is 4.29. The molecule has 0 fully saturated rings. The van der Waals surface area contributed by atoms with Gasteiger partial charge in [0.2, 0.25) is 12.2 Å². The third kappa shape index (κ3) is 1.74. The van der Waals surface area contributed by atoms with E-state index < -0.39 is 0 Å². The summed E-state index contributed by atoms with van der Waals surface area (Å²) in [6.07, 6.45) is 9.93. The minimum absolute atomic E-state index is 0.604. The van der Waals surface area contributed by atoms with E-state index in [0.717, 1.165) is 17.8 Å². The van der Waals surface area contributed by atoms with Crippen LogP contribution >= 0.6 is 0 Å². The van der Waals surface area contributed by atoms with Crippen molar-refractivity contribution in [1.82, 2.24) is 10.1 Å². The van der Waals surface area contributed by atoms with E-state index in [2.05, 4.69) is 14.7 Å². The van der Waals surface area contributed by atoms with E-state index in [1.807, 2.05) is 24.3 Å². The molecule has 1 aliphatic rings. The Kier molecular flexibility index (Phi) is 2.44. The Balaban J connectivity index is 2.22. The van der Waals surface area contributed by atoms with Gasteiger partial charge in [-0.2, -0.15) is 4.98 Å². The van der Waals surface area contributed by atoms with Crippen LogP contribution in [0, 0.1) is 0 Å². The van der Waals surface area contributed by atoms with Crippen LogP contribution in [0.2, 0.25) is 0 Å². The van der Waals surface area contributed by atoms with Gasteiger partial charge in [0.1, 0.15) is 5.76 Å². The lowest BCUT2D eigenvalue weighted by molar-refractivity contribution is 0.306. The molecule has 0 atom stereocenters. The second-order valence-corrected chi connectivity index (χ2v) is 2.79. The number of aromatic nitrogens is 2. The predicted octanol–water partition coefficient (Wildman–Crippen LogP) is 1.94. The summed E-state index contributed by atoms with van der Waals surface area (Å²) in [5, 5.41) is 3.76. The van der Waals surface area contributed by atoms with E-state index in [9.17, 15) is 0 Å². The summed E-state index contributed by atoms with van der Waals surface area (Å²) in [7, 11) is 1.65. The molecule has 0 aromatic carbocycles. The van der Waals surface area contributed by atoms with Gasteiger partial charge in [0.25, 0.3) is 0 Å². The number of ether oxygens (including phenoxy) is 1. The lowest BCUT2D eigenvalue weighted by Crippen LogP contribution is -1.83. The molecule has 0 saturated carbocycles. The molecule has 0 radical (unpaired) electrons. The minimum Gasteiger partial charge on any atom is -0.497 e. The van der Waals surface area contributed by atoms with Crippen LogP contribution in [-0.4, -0.2) is 17.3 Å². The third-order valence-corrected chi connectivity index (χ3v) is 1.94. The number of nitrogens with zero attached hydrogens (tertiary/aromatic N) is 2. The summed E-state index contributed by atoms with van der Waals surface area (Å²) in [6.45, 7) is 0. The number of rotatable bonds is 2. The van der Waals surface area contributed by atoms with Crippen LogP contribution in [0.3, 0.4) is 0 Å². The molecule has 1 aromatic heterocycles. The first-order chi connectivity index (χ1) is 6.90. The Labute approximate surface area is 81.6 Å². The zero-order valence-corrected chi connectivity index (χ0v) is 7.80. The highest BCUT2D eigenvalue weighted by molar-refractivity contribution is 5.70. The molecule has 0 saturated heterocycles. The highest BCUT2D eigenvalue weighted by atomic mass is 16.5. The normalized spacial score (nSPS) is 15.8. The molecular formula is C10H10N2O2. The molecule has 2 rings (SSSR count). The highest BCUT2D eigenvalue weighted by Gasteiger charge is 2.05. The van der Waals surface area contributed by atoms with Crippen LogP contribution in [0.15, 0.2) is 41.0 Å². The van der Waals surface area contributed by atoms with Crippen LogP contribution in [0.1, 0.15) is 12.2 Å². The van der Waals surface area contributed by atoms with Gasteiger partial charge in [0.05, 0.1) is 7.11 Å².